The van der Waals surface area contributed by atoms with Crippen LogP contribution >= 0.6 is 27.7 Å². The van der Waals surface area contributed by atoms with Crippen LogP contribution in [-0.2, 0) is 4.79 Å². The standard InChI is InChI=1S/C12H13BrO2S/c13-10-2-1-3-11(6-10)15-5-4-9-7-16-8-12(9)14/h1-3,6,9H,4-5,7-8H2. The zero-order chi connectivity index (χ0) is 11.4. The number of carbonyl (C=O) groups is 1. The van der Waals surface area contributed by atoms with E-state index in [1.165, 1.54) is 0 Å². The van der Waals surface area contributed by atoms with Crippen LogP contribution in [0, 0.1) is 5.92 Å². The fourth-order valence-electron chi connectivity index (χ4n) is 1.63. The maximum atomic E-state index is 11.4. The lowest BCUT2D eigenvalue weighted by molar-refractivity contribution is -0.119. The van der Waals surface area contributed by atoms with Crippen molar-refractivity contribution < 1.29 is 9.53 Å². The van der Waals surface area contributed by atoms with Gasteiger partial charge in [-0.2, -0.15) is 11.8 Å². The third kappa shape index (κ3) is 3.25. The van der Waals surface area contributed by atoms with Gasteiger partial charge in [0, 0.05) is 16.1 Å². The minimum Gasteiger partial charge on any atom is -0.494 e. The summed E-state index contributed by atoms with van der Waals surface area (Å²) in [5.74, 6) is 3.08. The van der Waals surface area contributed by atoms with Crippen molar-refractivity contribution in [3.8, 4) is 5.75 Å². The molecule has 4 heteroatoms. The van der Waals surface area contributed by atoms with Crippen LogP contribution in [-0.4, -0.2) is 23.9 Å². The SMILES string of the molecule is O=C1CSCC1CCOc1cccc(Br)c1. The highest BCUT2D eigenvalue weighted by Gasteiger charge is 2.24. The lowest BCUT2D eigenvalue weighted by atomic mass is 10.1. The van der Waals surface area contributed by atoms with Crippen LogP contribution in [0.5, 0.6) is 5.75 Å². The molecule has 1 atom stereocenters. The highest BCUT2D eigenvalue weighted by atomic mass is 79.9. The summed E-state index contributed by atoms with van der Waals surface area (Å²) in [6, 6.07) is 7.77. The molecule has 0 N–H and O–H groups in total. The summed E-state index contributed by atoms with van der Waals surface area (Å²) in [7, 11) is 0. The van der Waals surface area contributed by atoms with E-state index in [4.69, 9.17) is 4.74 Å². The van der Waals surface area contributed by atoms with E-state index in [-0.39, 0.29) is 5.92 Å². The predicted molar refractivity (Wildman–Crippen MR) is 70.1 cm³/mol. The quantitative estimate of drug-likeness (QED) is 0.854. The number of benzene rings is 1. The summed E-state index contributed by atoms with van der Waals surface area (Å²) in [5, 5.41) is 0. The molecule has 1 heterocycles. The Bertz CT molecular complexity index is 381. The molecule has 1 aliphatic heterocycles. The molecule has 1 aromatic carbocycles. The van der Waals surface area contributed by atoms with Crippen molar-refractivity contribution in [2.45, 2.75) is 6.42 Å². The molecule has 0 spiro atoms. The van der Waals surface area contributed by atoms with Crippen molar-refractivity contribution in [3.05, 3.63) is 28.7 Å². The molecule has 0 aromatic heterocycles. The van der Waals surface area contributed by atoms with E-state index in [1.807, 2.05) is 24.3 Å². The summed E-state index contributed by atoms with van der Waals surface area (Å²) >= 11 is 5.12. The molecule has 0 amide bonds. The van der Waals surface area contributed by atoms with Gasteiger partial charge in [-0.05, 0) is 24.6 Å². The van der Waals surface area contributed by atoms with Crippen molar-refractivity contribution >= 4 is 33.5 Å². The van der Waals surface area contributed by atoms with Crippen LogP contribution in [0.15, 0.2) is 28.7 Å². The topological polar surface area (TPSA) is 26.3 Å². The number of hydrogen-bond acceptors (Lipinski definition) is 3. The monoisotopic (exact) mass is 300 g/mol. The van der Waals surface area contributed by atoms with Gasteiger partial charge in [-0.1, -0.05) is 22.0 Å². The Morgan fingerprint density at radius 1 is 1.50 bits per heavy atom. The van der Waals surface area contributed by atoms with Gasteiger partial charge in [0.1, 0.15) is 11.5 Å². The largest absolute Gasteiger partial charge is 0.494 e. The summed E-state index contributed by atoms with van der Waals surface area (Å²) in [4.78, 5) is 11.4. The smallest absolute Gasteiger partial charge is 0.146 e. The number of carbonyl (C=O) groups excluding carboxylic acids is 1. The zero-order valence-corrected chi connectivity index (χ0v) is 11.2. The molecule has 2 rings (SSSR count). The molecule has 0 aliphatic carbocycles. The molecule has 1 aromatic rings. The van der Waals surface area contributed by atoms with Crippen LogP contribution in [0.4, 0.5) is 0 Å². The van der Waals surface area contributed by atoms with Crippen LogP contribution in [0.1, 0.15) is 6.42 Å². The second-order valence-electron chi connectivity index (χ2n) is 3.77. The Morgan fingerprint density at radius 2 is 2.38 bits per heavy atom. The van der Waals surface area contributed by atoms with Gasteiger partial charge >= 0.3 is 0 Å². The van der Waals surface area contributed by atoms with Gasteiger partial charge in [0.05, 0.1) is 12.4 Å². The average molecular weight is 301 g/mol. The molecular formula is C12H13BrO2S. The van der Waals surface area contributed by atoms with Crippen molar-refractivity contribution in [1.82, 2.24) is 0 Å². The molecular weight excluding hydrogens is 288 g/mol. The van der Waals surface area contributed by atoms with Crippen molar-refractivity contribution in [3.63, 3.8) is 0 Å². The van der Waals surface area contributed by atoms with Gasteiger partial charge in [0.15, 0.2) is 0 Å². The number of hydrogen-bond donors (Lipinski definition) is 0. The van der Waals surface area contributed by atoms with Gasteiger partial charge < -0.3 is 4.74 Å². The maximum Gasteiger partial charge on any atom is 0.146 e. The van der Waals surface area contributed by atoms with Gasteiger partial charge in [0.25, 0.3) is 0 Å². The summed E-state index contributed by atoms with van der Waals surface area (Å²) < 4.78 is 6.62. The van der Waals surface area contributed by atoms with E-state index in [0.717, 1.165) is 22.4 Å². The predicted octanol–water partition coefficient (Wildman–Crippen LogP) is 3.15. The van der Waals surface area contributed by atoms with Gasteiger partial charge in [-0.25, -0.2) is 0 Å². The van der Waals surface area contributed by atoms with Gasteiger partial charge in [-0.3, -0.25) is 4.79 Å². The molecule has 1 fully saturated rings. The van der Waals surface area contributed by atoms with E-state index in [9.17, 15) is 4.79 Å². The lowest BCUT2D eigenvalue weighted by Gasteiger charge is -2.09. The van der Waals surface area contributed by atoms with E-state index in [2.05, 4.69) is 15.9 Å². The van der Waals surface area contributed by atoms with E-state index in [1.54, 1.807) is 11.8 Å². The number of Topliss-reactive ketones (excluding diaryl/α,β-unsaturated/α-hetero) is 1. The summed E-state index contributed by atoms with van der Waals surface area (Å²) in [6.07, 6.45) is 0.832. The van der Waals surface area contributed by atoms with E-state index < -0.39 is 0 Å². The molecule has 0 bridgehead atoms. The van der Waals surface area contributed by atoms with Gasteiger partial charge in [-0.15, -0.1) is 0 Å². The molecule has 0 radical (unpaired) electrons. The van der Waals surface area contributed by atoms with Crippen LogP contribution in [0.25, 0.3) is 0 Å². The average Bonchev–Trinajstić information content (AvgIpc) is 2.65. The third-order valence-electron chi connectivity index (χ3n) is 2.55. The minimum atomic E-state index is 0.206. The molecule has 86 valence electrons. The molecule has 16 heavy (non-hydrogen) atoms. The summed E-state index contributed by atoms with van der Waals surface area (Å²) in [6.45, 7) is 0.618. The Labute approximate surface area is 108 Å². The number of ketones is 1. The van der Waals surface area contributed by atoms with Crippen LogP contribution in [0.2, 0.25) is 0 Å². The second kappa shape index (κ2) is 5.73. The maximum absolute atomic E-state index is 11.4. The van der Waals surface area contributed by atoms with Gasteiger partial charge in [0.2, 0.25) is 0 Å². The third-order valence-corrected chi connectivity index (χ3v) is 4.17. The van der Waals surface area contributed by atoms with Crippen molar-refractivity contribution in [2.75, 3.05) is 18.1 Å². The zero-order valence-electron chi connectivity index (χ0n) is 8.82. The van der Waals surface area contributed by atoms with E-state index in [0.29, 0.717) is 18.1 Å². The molecule has 1 aliphatic rings. The molecule has 1 saturated heterocycles. The number of thioether (sulfide) groups is 1. The normalized spacial score (nSPS) is 20.1. The highest BCUT2D eigenvalue weighted by molar-refractivity contribution is 9.10. The fourth-order valence-corrected chi connectivity index (χ4v) is 3.20. The Hall–Kier alpha value is -0.480. The van der Waals surface area contributed by atoms with Crippen molar-refractivity contribution in [1.29, 1.82) is 0 Å². The first-order valence-corrected chi connectivity index (χ1v) is 7.19. The molecule has 2 nitrogen and oxygen atoms in total. The molecule has 0 saturated carbocycles. The number of halogens is 1. The Kier molecular flexibility index (Phi) is 4.29. The van der Waals surface area contributed by atoms with Crippen molar-refractivity contribution in [2.24, 2.45) is 5.92 Å². The summed E-state index contributed by atoms with van der Waals surface area (Å²) in [5.41, 5.74) is 0. The number of rotatable bonds is 4. The first-order valence-electron chi connectivity index (χ1n) is 5.24. The minimum absolute atomic E-state index is 0.206. The molecule has 1 unspecified atom stereocenters. The number of ether oxygens (including phenoxy) is 1. The second-order valence-corrected chi connectivity index (χ2v) is 5.72. The first-order chi connectivity index (χ1) is 7.75. The fraction of sp³-hybridized carbons (Fsp3) is 0.417. The van der Waals surface area contributed by atoms with E-state index >= 15 is 0 Å². The highest BCUT2D eigenvalue weighted by Crippen LogP contribution is 2.24. The Morgan fingerprint density at radius 3 is 3.06 bits per heavy atom. The van der Waals surface area contributed by atoms with Crippen LogP contribution in [0.3, 0.4) is 0 Å². The lowest BCUT2D eigenvalue weighted by Crippen LogP contribution is -2.14. The Balaban J connectivity index is 1.77. The van der Waals surface area contributed by atoms with Crippen LogP contribution < -0.4 is 4.74 Å². The first kappa shape index (κ1) is 12.0.